The molecular formula is C19H33N9O6. The molecule has 1 aromatic rings. The number of aliphatic imine (C=N–C) groups is 1. The van der Waals surface area contributed by atoms with E-state index >= 15 is 0 Å². The molecule has 34 heavy (non-hydrogen) atoms. The summed E-state index contributed by atoms with van der Waals surface area (Å²) in [5.41, 5.74) is 17.1. The molecule has 1 rings (SSSR count). The molecule has 5 unspecified atom stereocenters. The van der Waals surface area contributed by atoms with E-state index in [-0.39, 0.29) is 25.3 Å². The summed E-state index contributed by atoms with van der Waals surface area (Å²) in [6.07, 6.45) is 2.22. The lowest BCUT2D eigenvalue weighted by Crippen LogP contribution is -2.57. The number of rotatable bonds is 14. The normalized spacial score (nSPS) is 15.2. The van der Waals surface area contributed by atoms with Crippen molar-refractivity contribution in [3.63, 3.8) is 0 Å². The number of hydrogen-bond donors (Lipinski definition) is 9. The van der Waals surface area contributed by atoms with Crippen LogP contribution in [0.25, 0.3) is 0 Å². The highest BCUT2D eigenvalue weighted by molar-refractivity contribution is 5.94. The number of carboxylic acid groups (broad SMARTS) is 1. The number of nitrogens with zero attached hydrogens (tertiary/aromatic N) is 2. The molecule has 0 radical (unpaired) electrons. The molecule has 1 aromatic heterocycles. The van der Waals surface area contributed by atoms with Gasteiger partial charge in [0.25, 0.3) is 0 Å². The smallest absolute Gasteiger partial charge is 0.328 e. The Morgan fingerprint density at radius 1 is 1.12 bits per heavy atom. The third-order valence-corrected chi connectivity index (χ3v) is 4.71. The van der Waals surface area contributed by atoms with Crippen molar-refractivity contribution >= 4 is 29.7 Å². The average Bonchev–Trinajstić information content (AvgIpc) is 3.25. The van der Waals surface area contributed by atoms with E-state index in [1.54, 1.807) is 0 Å². The summed E-state index contributed by atoms with van der Waals surface area (Å²) in [5, 5.41) is 25.7. The summed E-state index contributed by atoms with van der Waals surface area (Å²) in [5.74, 6) is -3.68. The molecule has 12 N–H and O–H groups in total. The molecule has 15 heteroatoms. The van der Waals surface area contributed by atoms with Crippen molar-refractivity contribution in [1.82, 2.24) is 25.9 Å². The number of aliphatic hydroxyl groups excluding tert-OH is 1. The highest BCUT2D eigenvalue weighted by Crippen LogP contribution is 2.03. The van der Waals surface area contributed by atoms with Gasteiger partial charge in [0, 0.05) is 24.9 Å². The molecule has 190 valence electrons. The zero-order chi connectivity index (χ0) is 25.8. The van der Waals surface area contributed by atoms with Gasteiger partial charge in [-0.15, -0.1) is 0 Å². The van der Waals surface area contributed by atoms with E-state index in [4.69, 9.17) is 22.3 Å². The molecule has 0 saturated heterocycles. The third kappa shape index (κ3) is 9.83. The Labute approximate surface area is 195 Å². The van der Waals surface area contributed by atoms with Crippen LogP contribution in [0.5, 0.6) is 0 Å². The number of hydrogen-bond acceptors (Lipinski definition) is 8. The van der Waals surface area contributed by atoms with Crippen LogP contribution in [0.2, 0.25) is 0 Å². The van der Waals surface area contributed by atoms with Crippen LogP contribution < -0.4 is 33.2 Å². The van der Waals surface area contributed by atoms with E-state index in [0.717, 1.165) is 0 Å². The molecule has 0 fully saturated rings. The van der Waals surface area contributed by atoms with Gasteiger partial charge in [0.2, 0.25) is 17.7 Å². The Hall–Kier alpha value is -3.72. The van der Waals surface area contributed by atoms with Crippen LogP contribution in [-0.4, -0.2) is 86.6 Å². The van der Waals surface area contributed by atoms with Crippen molar-refractivity contribution in [2.24, 2.45) is 22.2 Å². The van der Waals surface area contributed by atoms with Crippen LogP contribution >= 0.6 is 0 Å². The van der Waals surface area contributed by atoms with E-state index in [9.17, 15) is 24.3 Å². The van der Waals surface area contributed by atoms with Crippen molar-refractivity contribution < 1.29 is 29.4 Å². The number of aliphatic carboxylic acids is 1. The molecular weight excluding hydrogens is 450 g/mol. The molecule has 0 aliphatic rings. The van der Waals surface area contributed by atoms with Gasteiger partial charge in [0.1, 0.15) is 12.1 Å². The molecule has 0 aromatic carbocycles. The summed E-state index contributed by atoms with van der Waals surface area (Å²) >= 11 is 0. The second-order valence-corrected chi connectivity index (χ2v) is 7.69. The predicted octanol–water partition coefficient (Wildman–Crippen LogP) is -3.73. The molecule has 5 atom stereocenters. The first-order valence-corrected chi connectivity index (χ1v) is 10.5. The molecule has 0 saturated carbocycles. The largest absolute Gasteiger partial charge is 0.480 e. The van der Waals surface area contributed by atoms with Crippen LogP contribution in [-0.2, 0) is 25.6 Å². The summed E-state index contributed by atoms with van der Waals surface area (Å²) in [7, 11) is 0. The maximum Gasteiger partial charge on any atom is 0.328 e. The monoisotopic (exact) mass is 483 g/mol. The van der Waals surface area contributed by atoms with Crippen LogP contribution in [0.3, 0.4) is 0 Å². The standard InChI is InChI=1S/C19H33N9O6/c1-9(15(30)28-14(10(2)29)18(33)34)26-17(32)13(4-3-5-24-19(21)22)27-16(31)12(20)6-11-7-23-8-25-11/h7-10,12-14,29H,3-6,20H2,1-2H3,(H,23,25)(H,26,32)(H,27,31)(H,28,30)(H,33,34)(H4,21,22,24). The maximum atomic E-state index is 12.8. The lowest BCUT2D eigenvalue weighted by atomic mass is 10.1. The highest BCUT2D eigenvalue weighted by atomic mass is 16.4. The number of imidazole rings is 1. The highest BCUT2D eigenvalue weighted by Gasteiger charge is 2.30. The van der Waals surface area contributed by atoms with Gasteiger partial charge in [-0.2, -0.15) is 0 Å². The topological polar surface area (TPSA) is 264 Å². The van der Waals surface area contributed by atoms with Crippen LogP contribution in [0, 0.1) is 0 Å². The van der Waals surface area contributed by atoms with Gasteiger partial charge in [0.05, 0.1) is 18.5 Å². The number of nitrogens with two attached hydrogens (primary N) is 3. The number of aromatic nitrogens is 2. The number of carbonyl (C=O) groups is 4. The number of guanidine groups is 1. The summed E-state index contributed by atoms with van der Waals surface area (Å²) in [6.45, 7) is 2.74. The molecule has 0 spiro atoms. The number of carbonyl (C=O) groups excluding carboxylic acids is 3. The number of aliphatic hydroxyl groups is 1. The van der Waals surface area contributed by atoms with E-state index < -0.39 is 54.0 Å². The second kappa shape index (κ2) is 13.7. The third-order valence-electron chi connectivity index (χ3n) is 4.71. The van der Waals surface area contributed by atoms with Crippen molar-refractivity contribution in [2.75, 3.05) is 6.54 Å². The van der Waals surface area contributed by atoms with Gasteiger partial charge in [-0.1, -0.05) is 0 Å². The molecule has 0 bridgehead atoms. The fourth-order valence-electron chi connectivity index (χ4n) is 2.82. The minimum atomic E-state index is -1.55. The van der Waals surface area contributed by atoms with Crippen LogP contribution in [0.4, 0.5) is 0 Å². The Bertz CT molecular complexity index is 854. The SMILES string of the molecule is CC(NC(=O)C(CCCN=C(N)N)NC(=O)C(N)Cc1cnc[nH]1)C(=O)NC(C(=O)O)C(C)O. The van der Waals surface area contributed by atoms with Gasteiger partial charge in [-0.25, -0.2) is 9.78 Å². The van der Waals surface area contributed by atoms with E-state index in [2.05, 4.69) is 30.9 Å². The number of aromatic amines is 1. The van der Waals surface area contributed by atoms with E-state index in [1.165, 1.54) is 26.4 Å². The zero-order valence-corrected chi connectivity index (χ0v) is 19.0. The number of nitrogens with one attached hydrogen (secondary N) is 4. The van der Waals surface area contributed by atoms with Crippen molar-refractivity contribution in [2.45, 2.75) is 63.4 Å². The molecule has 3 amide bonds. The Morgan fingerprint density at radius 2 is 1.79 bits per heavy atom. The number of amides is 3. The first-order valence-electron chi connectivity index (χ1n) is 10.5. The molecule has 15 nitrogen and oxygen atoms in total. The number of carboxylic acids is 1. The lowest BCUT2D eigenvalue weighted by Gasteiger charge is -2.24. The lowest BCUT2D eigenvalue weighted by molar-refractivity contribution is -0.145. The maximum absolute atomic E-state index is 12.8. The second-order valence-electron chi connectivity index (χ2n) is 7.69. The quantitative estimate of drug-likeness (QED) is 0.0709. The summed E-state index contributed by atoms with van der Waals surface area (Å²) in [6, 6.07) is -4.76. The fourth-order valence-corrected chi connectivity index (χ4v) is 2.82. The molecule has 0 aliphatic heterocycles. The van der Waals surface area contributed by atoms with Crippen molar-refractivity contribution in [3.05, 3.63) is 18.2 Å². The first kappa shape index (κ1) is 28.3. The van der Waals surface area contributed by atoms with E-state index in [1.807, 2.05) is 0 Å². The van der Waals surface area contributed by atoms with Crippen molar-refractivity contribution in [1.29, 1.82) is 0 Å². The fraction of sp³-hybridized carbons (Fsp3) is 0.579. The van der Waals surface area contributed by atoms with Gasteiger partial charge < -0.3 is 48.3 Å². The minimum absolute atomic E-state index is 0.122. The average molecular weight is 484 g/mol. The van der Waals surface area contributed by atoms with Gasteiger partial charge >= 0.3 is 5.97 Å². The zero-order valence-electron chi connectivity index (χ0n) is 19.0. The molecule has 0 aliphatic carbocycles. The van der Waals surface area contributed by atoms with Crippen LogP contribution in [0.15, 0.2) is 17.5 Å². The van der Waals surface area contributed by atoms with Gasteiger partial charge in [0.15, 0.2) is 12.0 Å². The van der Waals surface area contributed by atoms with Crippen LogP contribution in [0.1, 0.15) is 32.4 Å². The summed E-state index contributed by atoms with van der Waals surface area (Å²) in [4.78, 5) is 59.3. The Balaban J connectivity index is 2.81. The van der Waals surface area contributed by atoms with Gasteiger partial charge in [-0.05, 0) is 26.7 Å². The van der Waals surface area contributed by atoms with E-state index in [0.29, 0.717) is 12.1 Å². The Kier molecular flexibility index (Phi) is 11.4. The summed E-state index contributed by atoms with van der Waals surface area (Å²) < 4.78 is 0. The van der Waals surface area contributed by atoms with Crippen molar-refractivity contribution in [3.8, 4) is 0 Å². The molecule has 1 heterocycles. The number of H-pyrrole nitrogens is 1. The Morgan fingerprint density at radius 3 is 2.32 bits per heavy atom. The minimum Gasteiger partial charge on any atom is -0.480 e. The first-order chi connectivity index (χ1) is 15.9. The van der Waals surface area contributed by atoms with Gasteiger partial charge in [-0.3, -0.25) is 19.4 Å². The predicted molar refractivity (Wildman–Crippen MR) is 121 cm³/mol.